The molecule has 272 valence electrons. The summed E-state index contributed by atoms with van der Waals surface area (Å²) in [5, 5.41) is 17.6. The molecule has 1 aromatic carbocycles. The fourth-order valence-corrected chi connectivity index (χ4v) is 7.14. The monoisotopic (exact) mass is 722 g/mol. The first kappa shape index (κ1) is 41.3. The van der Waals surface area contributed by atoms with Gasteiger partial charge in [-0.2, -0.15) is 0 Å². The summed E-state index contributed by atoms with van der Waals surface area (Å²) in [7, 11) is 0. The highest BCUT2D eigenvalue weighted by atomic mass is 32.2. The van der Waals surface area contributed by atoms with E-state index < -0.39 is 64.3 Å². The number of para-hydroxylation sites is 1. The van der Waals surface area contributed by atoms with E-state index in [0.29, 0.717) is 37.7 Å². The molecule has 2 rings (SSSR count). The lowest BCUT2D eigenvalue weighted by Crippen LogP contribution is -2.57. The Morgan fingerprint density at radius 3 is 2.22 bits per heavy atom. The minimum absolute atomic E-state index is 0.0629. The molecule has 0 aliphatic heterocycles. The first-order chi connectivity index (χ1) is 23.2. The zero-order chi connectivity index (χ0) is 36.5. The summed E-state index contributed by atoms with van der Waals surface area (Å²) >= 11 is -0.747. The third-order valence-corrected chi connectivity index (χ3v) is 9.70. The van der Waals surface area contributed by atoms with Gasteiger partial charge in [0, 0.05) is 26.3 Å². The predicted octanol–water partition coefficient (Wildman–Crippen LogP) is 0.237. The Hall–Kier alpha value is -3.84. The minimum Gasteiger partial charge on any atom is -0.596 e. The Morgan fingerprint density at radius 1 is 0.939 bits per heavy atom. The number of nitrogens with two attached hydrogens (primary N) is 3. The van der Waals surface area contributed by atoms with Gasteiger partial charge in [-0.15, -0.1) is 16.1 Å². The van der Waals surface area contributed by atoms with Gasteiger partial charge in [0.1, 0.15) is 12.1 Å². The molecule has 0 spiro atoms. The average molecular weight is 723 g/mol. The van der Waals surface area contributed by atoms with Gasteiger partial charge < -0.3 is 43.0 Å². The van der Waals surface area contributed by atoms with Crippen LogP contribution in [-0.4, -0.2) is 81.5 Å². The number of ketones is 1. The number of guanidine groups is 1. The van der Waals surface area contributed by atoms with Crippen molar-refractivity contribution < 1.29 is 28.5 Å². The molecule has 4 amide bonds. The number of aromatic nitrogens is 1. The number of nitrogens with zero attached hydrogens (tertiary/aromatic N) is 1. The van der Waals surface area contributed by atoms with Crippen molar-refractivity contribution in [2.45, 2.75) is 95.6 Å². The van der Waals surface area contributed by atoms with E-state index in [-0.39, 0.29) is 49.1 Å². The zero-order valence-corrected chi connectivity index (χ0v) is 29.8. The number of nitrogens with one attached hydrogen (secondary N) is 6. The molecule has 0 fully saturated rings. The topological polar surface area (TPSA) is 283 Å². The van der Waals surface area contributed by atoms with E-state index in [1.807, 2.05) is 32.0 Å². The summed E-state index contributed by atoms with van der Waals surface area (Å²) < 4.78 is 16.9. The van der Waals surface area contributed by atoms with E-state index in [4.69, 9.17) is 22.6 Å². The van der Waals surface area contributed by atoms with Gasteiger partial charge in [-0.1, -0.05) is 26.0 Å². The van der Waals surface area contributed by atoms with E-state index in [2.05, 4.69) is 31.0 Å². The first-order valence-electron chi connectivity index (χ1n) is 16.2. The number of thiazole rings is 1. The standard InChI is InChI=1S/C31H50N10O6S2/c1-18(2)17-23(39-28(45)22(13-14-25(33)43)41-49(47)26(37-19(3)42)12-6-7-15-32)29(46)38-21(10-8-16-36-31(34)35)27(44)30-40-20-9-4-5-11-24(20)48-30/h4-5,9,11,18,21-23,26,41H,6-8,10,12-17,32H2,1-3H3,(H2,33,43)(H,37,42)(H,38,46)(H,39,45)(H4,34,35,36)/t21-,22-,23-,26+,49?/m0/s1. The Labute approximate surface area is 293 Å². The minimum atomic E-state index is -1.95. The van der Waals surface area contributed by atoms with Crippen LogP contribution in [0.2, 0.25) is 0 Å². The van der Waals surface area contributed by atoms with Crippen LogP contribution in [0.25, 0.3) is 10.2 Å². The normalized spacial score (nSPS) is 14.3. The van der Waals surface area contributed by atoms with E-state index in [1.165, 1.54) is 18.3 Å². The molecule has 0 radical (unpaired) electrons. The maximum absolute atomic E-state index is 13.8. The number of carbonyl (C=O) groups is 5. The largest absolute Gasteiger partial charge is 0.596 e. The van der Waals surface area contributed by atoms with Crippen molar-refractivity contribution in [1.29, 1.82) is 5.41 Å². The molecule has 0 bridgehead atoms. The van der Waals surface area contributed by atoms with E-state index in [9.17, 15) is 28.5 Å². The van der Waals surface area contributed by atoms with E-state index in [1.54, 1.807) is 6.07 Å². The van der Waals surface area contributed by atoms with Gasteiger partial charge in [0.25, 0.3) is 0 Å². The first-order valence-corrected chi connectivity index (χ1v) is 18.2. The van der Waals surface area contributed by atoms with Crippen molar-refractivity contribution in [3.05, 3.63) is 29.3 Å². The third kappa shape index (κ3) is 15.1. The van der Waals surface area contributed by atoms with Gasteiger partial charge in [0.05, 0.1) is 27.6 Å². The van der Waals surface area contributed by atoms with Crippen molar-refractivity contribution >= 4 is 68.3 Å². The number of carbonyl (C=O) groups excluding carboxylic acids is 5. The quantitative estimate of drug-likeness (QED) is 0.0246. The molecule has 1 unspecified atom stereocenters. The highest BCUT2D eigenvalue weighted by molar-refractivity contribution is 7.90. The molecule has 0 aliphatic carbocycles. The predicted molar refractivity (Wildman–Crippen MR) is 190 cm³/mol. The van der Waals surface area contributed by atoms with Crippen molar-refractivity contribution in [1.82, 2.24) is 31.0 Å². The van der Waals surface area contributed by atoms with Crippen LogP contribution in [0, 0.1) is 11.3 Å². The molecule has 1 heterocycles. The molecule has 0 saturated carbocycles. The highest BCUT2D eigenvalue weighted by Crippen LogP contribution is 2.23. The average Bonchev–Trinajstić information content (AvgIpc) is 3.47. The molecule has 2 aromatic rings. The summed E-state index contributed by atoms with van der Waals surface area (Å²) in [6, 6.07) is 3.97. The SMILES string of the molecule is CC(=O)N[C@@H](CCCCN)[S+]([O-])N[C@@H](CCC(N)=O)C(=O)N[C@@H](CC(C)C)C(=O)N[C@@H](CCCNC(=N)N)C(=O)c1nc2ccccc2s1. The smallest absolute Gasteiger partial charge is 0.243 e. The summed E-state index contributed by atoms with van der Waals surface area (Å²) in [4.78, 5) is 69.0. The second-order valence-electron chi connectivity index (χ2n) is 12.0. The zero-order valence-electron chi connectivity index (χ0n) is 28.2. The van der Waals surface area contributed by atoms with Crippen molar-refractivity contribution in [2.75, 3.05) is 13.1 Å². The summed E-state index contributed by atoms with van der Waals surface area (Å²) in [5.41, 5.74) is 17.0. The van der Waals surface area contributed by atoms with Crippen LogP contribution < -0.4 is 43.2 Å². The number of hydrogen-bond donors (Lipinski definition) is 9. The third-order valence-electron chi connectivity index (χ3n) is 7.26. The Bertz CT molecular complexity index is 1390. The molecule has 1 aromatic heterocycles. The number of unbranched alkanes of at least 4 members (excludes halogenated alkanes) is 1. The fraction of sp³-hybridized carbons (Fsp3) is 0.581. The molecule has 12 N–H and O–H groups in total. The number of amides is 4. The summed E-state index contributed by atoms with van der Waals surface area (Å²) in [5.74, 6) is -3.11. The van der Waals surface area contributed by atoms with Crippen LogP contribution in [0.4, 0.5) is 0 Å². The molecule has 0 aliphatic rings. The van der Waals surface area contributed by atoms with Crippen LogP contribution >= 0.6 is 11.3 Å². The molecule has 5 atom stereocenters. The number of fused-ring (bicyclic) bond motifs is 1. The van der Waals surface area contributed by atoms with Crippen LogP contribution in [0.1, 0.15) is 81.9 Å². The second kappa shape index (κ2) is 21.3. The molecule has 49 heavy (non-hydrogen) atoms. The van der Waals surface area contributed by atoms with Gasteiger partial charge in [0.2, 0.25) is 34.8 Å². The van der Waals surface area contributed by atoms with Crippen molar-refractivity contribution in [3.8, 4) is 0 Å². The maximum Gasteiger partial charge on any atom is 0.243 e. The Balaban J connectivity index is 2.29. The maximum atomic E-state index is 13.8. The number of primary amides is 1. The molecular weight excluding hydrogens is 673 g/mol. The highest BCUT2D eigenvalue weighted by Gasteiger charge is 2.34. The number of benzene rings is 1. The van der Waals surface area contributed by atoms with Gasteiger partial charge in [-0.3, -0.25) is 29.4 Å². The summed E-state index contributed by atoms with van der Waals surface area (Å²) in [6.45, 7) is 5.71. The summed E-state index contributed by atoms with van der Waals surface area (Å²) in [6.07, 6.45) is 1.98. The van der Waals surface area contributed by atoms with Crippen LogP contribution in [0.15, 0.2) is 24.3 Å². The van der Waals surface area contributed by atoms with Crippen molar-refractivity contribution in [3.63, 3.8) is 0 Å². The fourth-order valence-electron chi connectivity index (χ4n) is 4.86. The van der Waals surface area contributed by atoms with Gasteiger partial charge in [0.15, 0.2) is 11.0 Å². The lowest BCUT2D eigenvalue weighted by molar-refractivity contribution is -0.130. The van der Waals surface area contributed by atoms with Crippen molar-refractivity contribution in [2.24, 2.45) is 23.1 Å². The lowest BCUT2D eigenvalue weighted by Gasteiger charge is -2.28. The molecule has 18 heteroatoms. The van der Waals surface area contributed by atoms with E-state index in [0.717, 1.165) is 4.70 Å². The number of hydrogen-bond acceptors (Lipinski definition) is 11. The molecule has 0 saturated heterocycles. The number of Topliss-reactive ketones (excluding diaryl/α,β-unsaturated/α-hetero) is 1. The van der Waals surface area contributed by atoms with Gasteiger partial charge in [-0.25, -0.2) is 4.98 Å². The van der Waals surface area contributed by atoms with Crippen LogP contribution in [-0.2, 0) is 30.5 Å². The Morgan fingerprint density at radius 2 is 1.61 bits per heavy atom. The Kier molecular flexibility index (Phi) is 18.0. The molecule has 16 nitrogen and oxygen atoms in total. The molecular formula is C31H50N10O6S2. The van der Waals surface area contributed by atoms with Crippen LogP contribution in [0.5, 0.6) is 0 Å². The van der Waals surface area contributed by atoms with Gasteiger partial charge in [-0.05, 0) is 63.1 Å². The number of rotatable bonds is 23. The van der Waals surface area contributed by atoms with E-state index >= 15 is 0 Å². The second-order valence-corrected chi connectivity index (χ2v) is 14.5. The van der Waals surface area contributed by atoms with Gasteiger partial charge >= 0.3 is 0 Å². The van der Waals surface area contributed by atoms with Crippen LogP contribution in [0.3, 0.4) is 0 Å². The lowest BCUT2D eigenvalue weighted by atomic mass is 10.0.